The Labute approximate surface area is 229 Å². The zero-order valence-corrected chi connectivity index (χ0v) is 21.8. The molecule has 0 unspecified atom stereocenters. The molecule has 3 aliphatic rings. The van der Waals surface area contributed by atoms with Gasteiger partial charge < -0.3 is 15.0 Å². The number of nitrogens with zero attached hydrogens (tertiary/aromatic N) is 1. The number of imide groups is 1. The van der Waals surface area contributed by atoms with Crippen molar-refractivity contribution in [1.29, 1.82) is 0 Å². The standard InChI is InChI=1S/C30H25ClN4O4/c1-39-24-9-5-2-6-16(24)15-35-27(36)25-23(12-17-14-32-21-8-4-3-7-19(17)21)34-30(26(25)28(35)37)20-13-18(31)10-11-22(20)33-29(30)38/h2-11,13-14,23,25-26,32,34H,12,15H2,1H3,(H,33,38)/t23-,25-,26+,30+/m1/s1. The van der Waals surface area contributed by atoms with E-state index in [0.717, 1.165) is 22.0 Å². The number of ether oxygens (including phenoxy) is 1. The maximum absolute atomic E-state index is 14.2. The van der Waals surface area contributed by atoms with E-state index in [4.69, 9.17) is 16.3 Å². The van der Waals surface area contributed by atoms with Crippen LogP contribution >= 0.6 is 11.6 Å². The predicted molar refractivity (Wildman–Crippen MR) is 146 cm³/mol. The first kappa shape index (κ1) is 23.9. The van der Waals surface area contributed by atoms with Crippen molar-refractivity contribution < 1.29 is 19.1 Å². The van der Waals surface area contributed by atoms with Crippen LogP contribution in [-0.4, -0.2) is 40.8 Å². The number of methoxy groups -OCH3 is 1. The number of hydrogen-bond donors (Lipinski definition) is 3. The number of anilines is 1. The molecule has 8 nitrogen and oxygen atoms in total. The van der Waals surface area contributed by atoms with E-state index in [1.165, 1.54) is 4.90 Å². The fourth-order valence-electron chi connectivity index (χ4n) is 6.71. The number of halogens is 1. The molecule has 4 aromatic rings. The van der Waals surface area contributed by atoms with E-state index in [9.17, 15) is 14.4 Å². The molecule has 196 valence electrons. The monoisotopic (exact) mass is 540 g/mol. The number of hydrogen-bond acceptors (Lipinski definition) is 5. The molecule has 39 heavy (non-hydrogen) atoms. The van der Waals surface area contributed by atoms with Crippen LogP contribution in [0.15, 0.2) is 72.9 Å². The summed E-state index contributed by atoms with van der Waals surface area (Å²) in [6.07, 6.45) is 2.39. The van der Waals surface area contributed by atoms with Crippen LogP contribution in [0.1, 0.15) is 16.7 Å². The Morgan fingerprint density at radius 1 is 0.974 bits per heavy atom. The fraction of sp³-hybridized carbons (Fsp3) is 0.233. The highest BCUT2D eigenvalue weighted by Gasteiger charge is 2.70. The highest BCUT2D eigenvalue weighted by atomic mass is 35.5. The smallest absolute Gasteiger partial charge is 0.250 e. The SMILES string of the molecule is COc1ccccc1CN1C(=O)[C@H]2[C@@H](C1=O)[C@]1(N[C@@H]2Cc2c[nH]c3ccccc23)C(=O)Nc2ccc(Cl)cc21. The fourth-order valence-corrected chi connectivity index (χ4v) is 6.88. The summed E-state index contributed by atoms with van der Waals surface area (Å²) in [6.45, 7) is 0.0641. The van der Waals surface area contributed by atoms with E-state index in [2.05, 4.69) is 15.6 Å². The van der Waals surface area contributed by atoms with Gasteiger partial charge in [0, 0.05) is 45.0 Å². The molecule has 0 bridgehead atoms. The van der Waals surface area contributed by atoms with Crippen molar-refractivity contribution in [3.05, 3.63) is 94.6 Å². The maximum atomic E-state index is 14.2. The molecule has 1 aromatic heterocycles. The second kappa shape index (κ2) is 8.69. The number of amides is 3. The number of carbonyl (C=O) groups is 3. The molecule has 0 saturated carbocycles. The van der Waals surface area contributed by atoms with Crippen molar-refractivity contribution in [2.75, 3.05) is 12.4 Å². The van der Waals surface area contributed by atoms with Crippen LogP contribution in [0.2, 0.25) is 5.02 Å². The van der Waals surface area contributed by atoms with Crippen LogP contribution in [0.3, 0.4) is 0 Å². The third-order valence-electron chi connectivity index (χ3n) is 8.40. The van der Waals surface area contributed by atoms with Crippen molar-refractivity contribution in [1.82, 2.24) is 15.2 Å². The summed E-state index contributed by atoms with van der Waals surface area (Å²) in [6, 6.07) is 19.9. The summed E-state index contributed by atoms with van der Waals surface area (Å²) in [7, 11) is 1.56. The number of fused-ring (bicyclic) bond motifs is 5. The normalized spacial score (nSPS) is 25.4. The molecule has 3 aliphatic heterocycles. The number of para-hydroxylation sites is 2. The lowest BCUT2D eigenvalue weighted by Gasteiger charge is -2.29. The first-order valence-electron chi connectivity index (χ1n) is 12.8. The minimum Gasteiger partial charge on any atom is -0.496 e. The van der Waals surface area contributed by atoms with Crippen molar-refractivity contribution in [2.24, 2.45) is 11.8 Å². The van der Waals surface area contributed by atoms with Gasteiger partial charge in [-0.1, -0.05) is 48.0 Å². The van der Waals surface area contributed by atoms with Crippen molar-refractivity contribution in [2.45, 2.75) is 24.5 Å². The first-order chi connectivity index (χ1) is 18.9. The van der Waals surface area contributed by atoms with Crippen LogP contribution in [0.4, 0.5) is 5.69 Å². The average molecular weight is 541 g/mol. The van der Waals surface area contributed by atoms with Crippen LogP contribution in [0.5, 0.6) is 5.75 Å². The number of rotatable bonds is 5. The largest absolute Gasteiger partial charge is 0.496 e. The van der Waals surface area contributed by atoms with Gasteiger partial charge in [0.25, 0.3) is 0 Å². The maximum Gasteiger partial charge on any atom is 0.250 e. The lowest BCUT2D eigenvalue weighted by molar-refractivity contribution is -0.143. The minimum absolute atomic E-state index is 0.0641. The number of H-pyrrole nitrogens is 1. The van der Waals surface area contributed by atoms with Gasteiger partial charge in [-0.05, 0) is 42.3 Å². The number of carbonyl (C=O) groups excluding carboxylic acids is 3. The van der Waals surface area contributed by atoms with Gasteiger partial charge in [-0.25, -0.2) is 0 Å². The molecule has 3 aromatic carbocycles. The van der Waals surface area contributed by atoms with Gasteiger partial charge >= 0.3 is 0 Å². The third kappa shape index (κ3) is 3.38. The number of nitrogens with one attached hydrogen (secondary N) is 3. The first-order valence-corrected chi connectivity index (χ1v) is 13.2. The van der Waals surface area contributed by atoms with E-state index in [-0.39, 0.29) is 24.3 Å². The second-order valence-electron chi connectivity index (χ2n) is 10.3. The molecule has 4 heterocycles. The van der Waals surface area contributed by atoms with E-state index in [0.29, 0.717) is 28.4 Å². The molecule has 2 saturated heterocycles. The van der Waals surface area contributed by atoms with Crippen LogP contribution < -0.4 is 15.4 Å². The average Bonchev–Trinajstić information content (AvgIpc) is 3.65. The highest BCUT2D eigenvalue weighted by Crippen LogP contribution is 2.54. The lowest BCUT2D eigenvalue weighted by Crippen LogP contribution is -2.53. The molecule has 0 radical (unpaired) electrons. The van der Waals surface area contributed by atoms with Gasteiger partial charge in [0.2, 0.25) is 17.7 Å². The number of aromatic amines is 1. The van der Waals surface area contributed by atoms with Crippen molar-refractivity contribution >= 4 is 45.9 Å². The van der Waals surface area contributed by atoms with E-state index < -0.39 is 23.4 Å². The Hall–Kier alpha value is -4.14. The Bertz CT molecular complexity index is 1680. The number of benzene rings is 3. The molecular weight excluding hydrogens is 516 g/mol. The van der Waals surface area contributed by atoms with E-state index in [1.807, 2.05) is 48.7 Å². The van der Waals surface area contributed by atoms with Gasteiger partial charge in [-0.15, -0.1) is 0 Å². The van der Waals surface area contributed by atoms with Crippen molar-refractivity contribution in [3.63, 3.8) is 0 Å². The van der Waals surface area contributed by atoms with Gasteiger partial charge in [0.1, 0.15) is 11.3 Å². The Morgan fingerprint density at radius 3 is 2.62 bits per heavy atom. The molecule has 4 atom stereocenters. The summed E-state index contributed by atoms with van der Waals surface area (Å²) < 4.78 is 5.48. The predicted octanol–water partition coefficient (Wildman–Crippen LogP) is 3.99. The zero-order chi connectivity index (χ0) is 26.9. The van der Waals surface area contributed by atoms with Crippen LogP contribution in [-0.2, 0) is 32.9 Å². The van der Waals surface area contributed by atoms with Gasteiger partial charge in [0.15, 0.2) is 0 Å². The van der Waals surface area contributed by atoms with Crippen LogP contribution in [0, 0.1) is 11.8 Å². The quantitative estimate of drug-likeness (QED) is 0.332. The summed E-state index contributed by atoms with van der Waals surface area (Å²) in [4.78, 5) is 46.6. The molecule has 3 N–H and O–H groups in total. The topological polar surface area (TPSA) is 104 Å². The molecule has 2 fully saturated rings. The number of likely N-dealkylation sites (tertiary alicyclic amines) is 1. The summed E-state index contributed by atoms with van der Waals surface area (Å²) in [5, 5.41) is 7.91. The molecule has 3 amide bonds. The second-order valence-corrected chi connectivity index (χ2v) is 10.8. The van der Waals surface area contributed by atoms with E-state index in [1.54, 1.807) is 31.4 Å². The molecule has 0 aliphatic carbocycles. The van der Waals surface area contributed by atoms with Gasteiger partial charge in [-0.2, -0.15) is 0 Å². The van der Waals surface area contributed by atoms with E-state index >= 15 is 0 Å². The molecule has 7 rings (SSSR count). The lowest BCUT2D eigenvalue weighted by atomic mass is 9.76. The highest BCUT2D eigenvalue weighted by molar-refractivity contribution is 6.31. The minimum atomic E-state index is -1.41. The molecular formula is C30H25ClN4O4. The summed E-state index contributed by atoms with van der Waals surface area (Å²) in [5.74, 6) is -2.10. The number of aromatic nitrogens is 1. The molecule has 9 heteroatoms. The summed E-state index contributed by atoms with van der Waals surface area (Å²) >= 11 is 6.38. The summed E-state index contributed by atoms with van der Waals surface area (Å²) in [5.41, 5.74) is 2.48. The third-order valence-corrected chi connectivity index (χ3v) is 8.64. The van der Waals surface area contributed by atoms with Gasteiger partial charge in [0.05, 0.1) is 25.5 Å². The van der Waals surface area contributed by atoms with Gasteiger partial charge in [-0.3, -0.25) is 24.6 Å². The Morgan fingerprint density at radius 2 is 1.77 bits per heavy atom. The molecule has 1 spiro atoms. The van der Waals surface area contributed by atoms with Crippen LogP contribution in [0.25, 0.3) is 10.9 Å². The zero-order valence-electron chi connectivity index (χ0n) is 21.0. The van der Waals surface area contributed by atoms with Crippen molar-refractivity contribution in [3.8, 4) is 5.75 Å². The Balaban J connectivity index is 1.34. The Kier molecular flexibility index (Phi) is 5.33.